The highest BCUT2D eigenvalue weighted by Gasteiger charge is 2.04. The van der Waals surface area contributed by atoms with Gasteiger partial charge in [-0.3, -0.25) is 4.98 Å². The van der Waals surface area contributed by atoms with E-state index >= 15 is 0 Å². The third kappa shape index (κ3) is 4.67. The first-order valence-corrected chi connectivity index (χ1v) is 8.18. The van der Waals surface area contributed by atoms with Gasteiger partial charge in [0, 0.05) is 24.8 Å². The first-order valence-electron chi connectivity index (χ1n) is 8.18. The summed E-state index contributed by atoms with van der Waals surface area (Å²) in [5.74, 6) is 0.923. The minimum absolute atomic E-state index is 0.581. The summed E-state index contributed by atoms with van der Waals surface area (Å²) in [6.07, 6.45) is 1.82. The first kappa shape index (κ1) is 16.2. The van der Waals surface area contributed by atoms with Crippen LogP contribution in [0.15, 0.2) is 72.9 Å². The molecule has 3 aromatic rings. The molecule has 0 atom stereocenters. The predicted octanol–water partition coefficient (Wildman–Crippen LogP) is 4.26. The summed E-state index contributed by atoms with van der Waals surface area (Å²) in [5.41, 5.74) is 4.63. The molecule has 122 valence electrons. The molecule has 0 saturated carbocycles. The Morgan fingerprint density at radius 3 is 2.46 bits per heavy atom. The van der Waals surface area contributed by atoms with E-state index in [1.165, 1.54) is 11.1 Å². The number of hydrogen-bond acceptors (Lipinski definition) is 3. The number of nitrogens with zero attached hydrogens (tertiary/aromatic N) is 1. The van der Waals surface area contributed by atoms with Crippen LogP contribution in [0.1, 0.15) is 22.4 Å². The van der Waals surface area contributed by atoms with Gasteiger partial charge in [-0.1, -0.05) is 54.1 Å². The van der Waals surface area contributed by atoms with Crippen molar-refractivity contribution in [2.24, 2.45) is 0 Å². The first-order chi connectivity index (χ1) is 11.8. The monoisotopic (exact) mass is 318 g/mol. The number of pyridine rings is 1. The van der Waals surface area contributed by atoms with E-state index < -0.39 is 0 Å². The molecule has 0 saturated heterocycles. The molecule has 0 spiro atoms. The Morgan fingerprint density at radius 2 is 1.67 bits per heavy atom. The number of ether oxygens (including phenoxy) is 1. The molecule has 3 rings (SSSR count). The van der Waals surface area contributed by atoms with E-state index in [1.807, 2.05) is 42.6 Å². The summed E-state index contributed by atoms with van der Waals surface area (Å²) < 4.78 is 6.01. The zero-order valence-electron chi connectivity index (χ0n) is 13.9. The Balaban J connectivity index is 1.57. The molecule has 2 aromatic carbocycles. The van der Waals surface area contributed by atoms with Gasteiger partial charge >= 0.3 is 0 Å². The fraction of sp³-hybridized carbons (Fsp3) is 0.190. The van der Waals surface area contributed by atoms with Crippen molar-refractivity contribution < 1.29 is 4.74 Å². The van der Waals surface area contributed by atoms with Crippen molar-refractivity contribution in [2.75, 3.05) is 0 Å². The normalized spacial score (nSPS) is 10.5. The number of rotatable bonds is 7. The van der Waals surface area contributed by atoms with Gasteiger partial charge in [0.05, 0.1) is 5.69 Å². The van der Waals surface area contributed by atoms with Crippen LogP contribution in [0.3, 0.4) is 0 Å². The van der Waals surface area contributed by atoms with Crippen LogP contribution >= 0.6 is 0 Å². The fourth-order valence-electron chi connectivity index (χ4n) is 2.46. The van der Waals surface area contributed by atoms with Crippen molar-refractivity contribution >= 4 is 0 Å². The number of aryl methyl sites for hydroxylation is 1. The number of aromatic nitrogens is 1. The Kier molecular flexibility index (Phi) is 5.59. The molecule has 1 heterocycles. The average molecular weight is 318 g/mol. The molecular weight excluding hydrogens is 296 g/mol. The van der Waals surface area contributed by atoms with Crippen molar-refractivity contribution in [3.63, 3.8) is 0 Å². The van der Waals surface area contributed by atoms with Crippen LogP contribution in [0.2, 0.25) is 0 Å². The third-order valence-corrected chi connectivity index (χ3v) is 3.84. The van der Waals surface area contributed by atoms with Gasteiger partial charge in [0.1, 0.15) is 12.4 Å². The van der Waals surface area contributed by atoms with Crippen molar-refractivity contribution in [2.45, 2.75) is 26.6 Å². The molecule has 0 amide bonds. The average Bonchev–Trinajstić information content (AvgIpc) is 2.63. The molecule has 1 N–H and O–H groups in total. The van der Waals surface area contributed by atoms with Gasteiger partial charge in [-0.15, -0.1) is 0 Å². The predicted molar refractivity (Wildman–Crippen MR) is 96.7 cm³/mol. The van der Waals surface area contributed by atoms with Crippen LogP contribution < -0.4 is 10.1 Å². The van der Waals surface area contributed by atoms with E-state index in [-0.39, 0.29) is 0 Å². The Labute approximate surface area is 143 Å². The molecule has 0 radical (unpaired) electrons. The van der Waals surface area contributed by atoms with Gasteiger partial charge in [0.15, 0.2) is 0 Å². The molecule has 0 aliphatic rings. The van der Waals surface area contributed by atoms with Crippen LogP contribution in [0.4, 0.5) is 0 Å². The molecule has 0 bridgehead atoms. The second-order valence-electron chi connectivity index (χ2n) is 5.81. The second-order valence-corrected chi connectivity index (χ2v) is 5.81. The second kappa shape index (κ2) is 8.27. The summed E-state index contributed by atoms with van der Waals surface area (Å²) in [6, 6.07) is 22.5. The van der Waals surface area contributed by atoms with Crippen molar-refractivity contribution in [3.8, 4) is 5.75 Å². The Hall–Kier alpha value is -2.65. The maximum atomic E-state index is 6.01. The standard InChI is InChI=1S/C21H22N2O/c1-17-9-11-18(12-10-17)16-24-21-8-3-2-6-19(21)14-22-15-20-7-4-5-13-23-20/h2-13,22H,14-16H2,1H3. The van der Waals surface area contributed by atoms with E-state index in [1.54, 1.807) is 0 Å². The summed E-state index contributed by atoms with van der Waals surface area (Å²) in [4.78, 5) is 4.32. The maximum absolute atomic E-state index is 6.01. The number of benzene rings is 2. The number of para-hydroxylation sites is 1. The highest BCUT2D eigenvalue weighted by Crippen LogP contribution is 2.19. The lowest BCUT2D eigenvalue weighted by molar-refractivity contribution is 0.302. The number of hydrogen-bond donors (Lipinski definition) is 1. The summed E-state index contributed by atoms with van der Waals surface area (Å²) in [7, 11) is 0. The van der Waals surface area contributed by atoms with Crippen LogP contribution in [-0.2, 0) is 19.7 Å². The maximum Gasteiger partial charge on any atom is 0.124 e. The zero-order chi connectivity index (χ0) is 16.6. The van der Waals surface area contributed by atoms with Gasteiger partial charge in [-0.25, -0.2) is 0 Å². The largest absolute Gasteiger partial charge is 0.489 e. The van der Waals surface area contributed by atoms with Crippen molar-refractivity contribution in [1.29, 1.82) is 0 Å². The molecule has 0 aliphatic carbocycles. The molecule has 0 unspecified atom stereocenters. The van der Waals surface area contributed by atoms with E-state index in [9.17, 15) is 0 Å². The Bertz CT molecular complexity index is 754. The third-order valence-electron chi connectivity index (χ3n) is 3.84. The van der Waals surface area contributed by atoms with Gasteiger partial charge in [-0.2, -0.15) is 0 Å². The van der Waals surface area contributed by atoms with E-state index in [0.29, 0.717) is 6.61 Å². The summed E-state index contributed by atoms with van der Waals surface area (Å²) >= 11 is 0. The molecule has 0 fully saturated rings. The lowest BCUT2D eigenvalue weighted by atomic mass is 10.1. The van der Waals surface area contributed by atoms with Crippen LogP contribution in [0.25, 0.3) is 0 Å². The van der Waals surface area contributed by atoms with E-state index in [2.05, 4.69) is 47.6 Å². The quantitative estimate of drug-likeness (QED) is 0.707. The topological polar surface area (TPSA) is 34.1 Å². The van der Waals surface area contributed by atoms with E-state index in [4.69, 9.17) is 4.74 Å². The van der Waals surface area contributed by atoms with Gasteiger partial charge in [0.25, 0.3) is 0 Å². The molecule has 3 nitrogen and oxygen atoms in total. The zero-order valence-corrected chi connectivity index (χ0v) is 13.9. The van der Waals surface area contributed by atoms with Crippen molar-refractivity contribution in [1.82, 2.24) is 10.3 Å². The molecule has 24 heavy (non-hydrogen) atoms. The number of nitrogens with one attached hydrogen (secondary N) is 1. The highest BCUT2D eigenvalue weighted by atomic mass is 16.5. The summed E-state index contributed by atoms with van der Waals surface area (Å²) in [5, 5.41) is 3.42. The molecular formula is C21H22N2O. The van der Waals surface area contributed by atoms with Gasteiger partial charge in [-0.05, 0) is 30.7 Å². The lowest BCUT2D eigenvalue weighted by Crippen LogP contribution is -2.14. The lowest BCUT2D eigenvalue weighted by Gasteiger charge is -2.12. The van der Waals surface area contributed by atoms with Gasteiger partial charge in [0.2, 0.25) is 0 Å². The molecule has 0 aliphatic heterocycles. The van der Waals surface area contributed by atoms with E-state index in [0.717, 1.165) is 30.1 Å². The SMILES string of the molecule is Cc1ccc(COc2ccccc2CNCc2ccccn2)cc1. The molecule has 1 aromatic heterocycles. The Morgan fingerprint density at radius 1 is 0.875 bits per heavy atom. The van der Waals surface area contributed by atoms with Crippen LogP contribution in [0, 0.1) is 6.92 Å². The highest BCUT2D eigenvalue weighted by molar-refractivity contribution is 5.33. The molecule has 3 heteroatoms. The minimum atomic E-state index is 0.581. The smallest absolute Gasteiger partial charge is 0.124 e. The summed E-state index contributed by atoms with van der Waals surface area (Å²) in [6.45, 7) is 4.17. The minimum Gasteiger partial charge on any atom is -0.489 e. The van der Waals surface area contributed by atoms with Crippen LogP contribution in [0.5, 0.6) is 5.75 Å². The van der Waals surface area contributed by atoms with Gasteiger partial charge < -0.3 is 10.1 Å². The van der Waals surface area contributed by atoms with Crippen molar-refractivity contribution in [3.05, 3.63) is 95.3 Å². The van der Waals surface area contributed by atoms with Crippen LogP contribution in [-0.4, -0.2) is 4.98 Å². The fourth-order valence-corrected chi connectivity index (χ4v) is 2.46.